The average Bonchev–Trinajstić information content (AvgIpc) is 2.59. The summed E-state index contributed by atoms with van der Waals surface area (Å²) >= 11 is 0. The molecule has 0 fully saturated rings. The van der Waals surface area contributed by atoms with Crippen molar-refractivity contribution in [1.29, 1.82) is 0 Å². The Hall–Kier alpha value is -2.24. The van der Waals surface area contributed by atoms with Crippen molar-refractivity contribution in [3.8, 4) is 5.95 Å². The second-order valence-electron chi connectivity index (χ2n) is 3.24. The molecule has 0 aliphatic heterocycles. The fraction of sp³-hybridized carbons (Fsp3) is 0.200. The summed E-state index contributed by atoms with van der Waals surface area (Å²) in [6.45, 7) is 1.89. The summed E-state index contributed by atoms with van der Waals surface area (Å²) in [5.74, 6) is 0.986. The number of hydrogen-bond acceptors (Lipinski definition) is 5. The van der Waals surface area contributed by atoms with Gasteiger partial charge in [-0.3, -0.25) is 4.99 Å². The Morgan fingerprint density at radius 3 is 2.69 bits per heavy atom. The van der Waals surface area contributed by atoms with E-state index in [2.05, 4.69) is 20.1 Å². The van der Waals surface area contributed by atoms with Gasteiger partial charge < -0.3 is 5.73 Å². The van der Waals surface area contributed by atoms with E-state index in [1.807, 2.05) is 6.92 Å². The number of aromatic nitrogens is 4. The quantitative estimate of drug-likeness (QED) is 0.745. The van der Waals surface area contributed by atoms with Gasteiger partial charge in [-0.2, -0.15) is 9.78 Å². The molecule has 0 bridgehead atoms. The lowest BCUT2D eigenvalue weighted by atomic mass is 10.3. The maximum Gasteiger partial charge on any atom is 0.252 e. The summed E-state index contributed by atoms with van der Waals surface area (Å²) in [5.41, 5.74) is 7.53. The molecule has 0 aliphatic rings. The summed E-state index contributed by atoms with van der Waals surface area (Å²) in [6, 6.07) is 1.74. The largest absolute Gasteiger partial charge is 0.383 e. The molecule has 82 valence electrons. The highest BCUT2D eigenvalue weighted by molar-refractivity contribution is 5.81. The molecule has 6 heteroatoms. The van der Waals surface area contributed by atoms with Crippen LogP contribution in [0.2, 0.25) is 0 Å². The minimum absolute atomic E-state index is 0.457. The maximum atomic E-state index is 5.92. The molecular weight excluding hydrogens is 204 g/mol. The van der Waals surface area contributed by atoms with Crippen molar-refractivity contribution in [1.82, 2.24) is 19.7 Å². The minimum atomic E-state index is 0.457. The van der Waals surface area contributed by atoms with E-state index in [-0.39, 0.29) is 0 Å². The van der Waals surface area contributed by atoms with Crippen LogP contribution in [0.1, 0.15) is 11.3 Å². The maximum absolute atomic E-state index is 5.92. The first-order chi connectivity index (χ1) is 7.74. The van der Waals surface area contributed by atoms with E-state index >= 15 is 0 Å². The van der Waals surface area contributed by atoms with E-state index in [9.17, 15) is 0 Å². The van der Waals surface area contributed by atoms with Crippen LogP contribution >= 0.6 is 0 Å². The van der Waals surface area contributed by atoms with E-state index in [0.29, 0.717) is 11.8 Å². The number of nitrogens with two attached hydrogens (primary N) is 1. The normalized spacial score (nSPS) is 11.1. The number of nitrogen functional groups attached to an aromatic ring is 1. The summed E-state index contributed by atoms with van der Waals surface area (Å²) in [4.78, 5) is 12.1. The molecule has 0 aliphatic carbocycles. The lowest BCUT2D eigenvalue weighted by Crippen LogP contribution is -2.06. The van der Waals surface area contributed by atoms with Crippen molar-refractivity contribution in [3.63, 3.8) is 0 Å². The summed E-state index contributed by atoms with van der Waals surface area (Å²) in [6.07, 6.45) is 4.95. The van der Waals surface area contributed by atoms with E-state index in [1.165, 1.54) is 4.68 Å². The van der Waals surface area contributed by atoms with Crippen molar-refractivity contribution in [2.24, 2.45) is 4.99 Å². The predicted octanol–water partition coefficient (Wildman–Crippen LogP) is 0.602. The van der Waals surface area contributed by atoms with Gasteiger partial charge in [-0.25, -0.2) is 9.97 Å². The highest BCUT2D eigenvalue weighted by Gasteiger charge is 2.12. The molecule has 2 aromatic heterocycles. The van der Waals surface area contributed by atoms with Gasteiger partial charge in [0.15, 0.2) is 0 Å². The van der Waals surface area contributed by atoms with Crippen molar-refractivity contribution in [2.45, 2.75) is 6.92 Å². The Balaban J connectivity index is 2.55. The first-order valence-electron chi connectivity index (χ1n) is 4.78. The Labute approximate surface area is 92.9 Å². The minimum Gasteiger partial charge on any atom is -0.383 e. The van der Waals surface area contributed by atoms with Crippen LogP contribution in [0.3, 0.4) is 0 Å². The van der Waals surface area contributed by atoms with Crippen LogP contribution in [0.5, 0.6) is 0 Å². The van der Waals surface area contributed by atoms with Crippen LogP contribution in [-0.2, 0) is 0 Å². The van der Waals surface area contributed by atoms with E-state index in [0.717, 1.165) is 11.3 Å². The summed E-state index contributed by atoms with van der Waals surface area (Å²) < 4.78 is 1.51. The molecule has 0 atom stereocenters. The SMILES string of the molecule is CN=Cc1nn(-c2ncccn2)c(N)c1C. The van der Waals surface area contributed by atoms with Gasteiger partial charge in [-0.05, 0) is 13.0 Å². The molecular formula is C10H12N6. The standard InChI is InChI=1S/C10H12N6/c1-7-8(6-12-2)15-16(9(7)11)10-13-4-3-5-14-10/h3-6H,11H2,1-2H3. The van der Waals surface area contributed by atoms with Crippen LogP contribution in [0.25, 0.3) is 5.95 Å². The second kappa shape index (κ2) is 4.09. The predicted molar refractivity (Wildman–Crippen MR) is 61.8 cm³/mol. The third-order valence-electron chi connectivity index (χ3n) is 2.20. The van der Waals surface area contributed by atoms with Gasteiger partial charge in [0.1, 0.15) is 11.5 Å². The molecule has 0 radical (unpaired) electrons. The molecule has 0 spiro atoms. The Kier molecular flexibility index (Phi) is 2.63. The van der Waals surface area contributed by atoms with Crippen LogP contribution < -0.4 is 5.73 Å². The Morgan fingerprint density at radius 2 is 2.06 bits per heavy atom. The molecule has 16 heavy (non-hydrogen) atoms. The third kappa shape index (κ3) is 1.65. The molecule has 2 rings (SSSR count). The number of aliphatic imine (C=N–C) groups is 1. The zero-order valence-electron chi connectivity index (χ0n) is 9.12. The van der Waals surface area contributed by atoms with Crippen LogP contribution in [0.4, 0.5) is 5.82 Å². The van der Waals surface area contributed by atoms with Crippen LogP contribution in [0.15, 0.2) is 23.5 Å². The van der Waals surface area contributed by atoms with Gasteiger partial charge in [0.05, 0.1) is 0 Å². The van der Waals surface area contributed by atoms with Gasteiger partial charge in [0, 0.05) is 31.2 Å². The molecule has 0 amide bonds. The van der Waals surface area contributed by atoms with Gasteiger partial charge in [-0.1, -0.05) is 0 Å². The number of hydrogen-bond donors (Lipinski definition) is 1. The zero-order chi connectivity index (χ0) is 11.5. The molecule has 0 unspecified atom stereocenters. The molecule has 6 nitrogen and oxygen atoms in total. The Morgan fingerprint density at radius 1 is 1.38 bits per heavy atom. The van der Waals surface area contributed by atoms with Crippen molar-refractivity contribution in [3.05, 3.63) is 29.7 Å². The first-order valence-corrected chi connectivity index (χ1v) is 4.78. The lowest BCUT2D eigenvalue weighted by Gasteiger charge is -2.00. The van der Waals surface area contributed by atoms with Gasteiger partial charge in [0.2, 0.25) is 0 Å². The first kappa shape index (κ1) is 10.3. The van der Waals surface area contributed by atoms with Crippen LogP contribution in [-0.4, -0.2) is 33.0 Å². The Bertz CT molecular complexity index is 514. The lowest BCUT2D eigenvalue weighted by molar-refractivity contribution is 0.815. The van der Waals surface area contributed by atoms with Crippen molar-refractivity contribution >= 4 is 12.0 Å². The molecule has 2 N–H and O–H groups in total. The summed E-state index contributed by atoms with van der Waals surface area (Å²) in [7, 11) is 1.69. The smallest absolute Gasteiger partial charge is 0.252 e. The number of rotatable bonds is 2. The molecule has 0 saturated heterocycles. The molecule has 0 saturated carbocycles. The summed E-state index contributed by atoms with van der Waals surface area (Å²) in [5, 5.41) is 4.29. The van der Waals surface area contributed by atoms with Crippen molar-refractivity contribution in [2.75, 3.05) is 12.8 Å². The highest BCUT2D eigenvalue weighted by Crippen LogP contribution is 2.16. The number of nitrogens with zero attached hydrogens (tertiary/aromatic N) is 5. The third-order valence-corrected chi connectivity index (χ3v) is 2.20. The monoisotopic (exact) mass is 216 g/mol. The second-order valence-corrected chi connectivity index (χ2v) is 3.24. The van der Waals surface area contributed by atoms with Gasteiger partial charge >= 0.3 is 0 Å². The van der Waals surface area contributed by atoms with Gasteiger partial charge in [-0.15, -0.1) is 0 Å². The highest BCUT2D eigenvalue weighted by atomic mass is 15.4. The van der Waals surface area contributed by atoms with Crippen molar-refractivity contribution < 1.29 is 0 Å². The topological polar surface area (TPSA) is 82.0 Å². The fourth-order valence-corrected chi connectivity index (χ4v) is 1.32. The average molecular weight is 216 g/mol. The van der Waals surface area contributed by atoms with E-state index in [1.54, 1.807) is 31.7 Å². The molecule has 2 aromatic rings. The van der Waals surface area contributed by atoms with E-state index in [4.69, 9.17) is 5.73 Å². The molecule has 0 aromatic carbocycles. The fourth-order valence-electron chi connectivity index (χ4n) is 1.32. The van der Waals surface area contributed by atoms with Gasteiger partial charge in [0.25, 0.3) is 5.95 Å². The zero-order valence-corrected chi connectivity index (χ0v) is 9.12. The number of anilines is 1. The van der Waals surface area contributed by atoms with E-state index < -0.39 is 0 Å². The van der Waals surface area contributed by atoms with Crippen LogP contribution in [0, 0.1) is 6.92 Å². The molecule has 2 heterocycles.